The normalized spacial score (nSPS) is 40.4. The van der Waals surface area contributed by atoms with Crippen LogP contribution in [0, 0.1) is 13.1 Å². The van der Waals surface area contributed by atoms with Crippen molar-refractivity contribution in [2.45, 2.75) is 22.8 Å². The summed E-state index contributed by atoms with van der Waals surface area (Å²) in [6.07, 6.45) is 0.978. The van der Waals surface area contributed by atoms with Gasteiger partial charge in [-0.1, -0.05) is 6.58 Å². The van der Waals surface area contributed by atoms with E-state index in [1.54, 1.807) is 0 Å². The van der Waals surface area contributed by atoms with Crippen LogP contribution in [0.4, 0.5) is 17.5 Å². The Balaban J connectivity index is 2.06. The molecule has 1 aromatic heterocycles. The Kier molecular flexibility index (Phi) is 3.99. The molecule has 3 aliphatic heterocycles. The van der Waals surface area contributed by atoms with E-state index in [1.165, 1.54) is 0 Å². The van der Waals surface area contributed by atoms with Gasteiger partial charge in [-0.05, 0) is 22.5 Å². The van der Waals surface area contributed by atoms with Gasteiger partial charge in [0.15, 0.2) is 12.4 Å². The number of rotatable bonds is 2. The second-order valence-corrected chi connectivity index (χ2v) is 8.07. The van der Waals surface area contributed by atoms with Gasteiger partial charge in [0.25, 0.3) is 24.2 Å². The van der Waals surface area contributed by atoms with Gasteiger partial charge in [-0.3, -0.25) is 24.4 Å². The van der Waals surface area contributed by atoms with Crippen LogP contribution in [-0.2, 0) is 23.1 Å². The first-order valence-corrected chi connectivity index (χ1v) is 9.84. The zero-order valence-electron chi connectivity index (χ0n) is 15.6. The number of phosphoric acid groups is 1. The van der Waals surface area contributed by atoms with E-state index in [1.807, 2.05) is 0 Å². The monoisotopic (exact) mass is 450 g/mol. The SMILES string of the molecule is C#[N+][C@@]12COP(=O)(O)O[C@]1(N=C)C(=O)[C@]1(C=C)Nc3c(nc(N)[nH]c3=O)N[C@]1([N+]#C)O2. The molecule has 6 N–H and O–H groups in total. The van der Waals surface area contributed by atoms with Crippen molar-refractivity contribution < 1.29 is 28.0 Å². The van der Waals surface area contributed by atoms with Crippen LogP contribution in [0.2, 0.25) is 0 Å². The molecule has 4 heterocycles. The lowest BCUT2D eigenvalue weighted by Crippen LogP contribution is -2.83. The molecular weight excluding hydrogens is 435 g/mol. The van der Waals surface area contributed by atoms with E-state index < -0.39 is 48.6 Å². The number of aliphatic imine (C=N–C) groups is 1. The van der Waals surface area contributed by atoms with Crippen LogP contribution >= 0.6 is 7.82 Å². The maximum Gasteiger partial charge on any atom is 0.507 e. The van der Waals surface area contributed by atoms with Crippen molar-refractivity contribution in [1.29, 1.82) is 0 Å². The number of nitrogens with one attached hydrogen (secondary N) is 3. The highest BCUT2D eigenvalue weighted by Gasteiger charge is 2.91. The lowest BCUT2D eigenvalue weighted by Gasteiger charge is -2.51. The van der Waals surface area contributed by atoms with Gasteiger partial charge in [-0.15, -0.1) is 0 Å². The number of fused-ring (bicyclic) bond motifs is 3. The van der Waals surface area contributed by atoms with Crippen LogP contribution in [0.15, 0.2) is 22.4 Å². The molecule has 16 heteroatoms. The molecule has 4 rings (SSSR count). The number of H-pyrrole nitrogens is 1. The second kappa shape index (κ2) is 5.98. The van der Waals surface area contributed by atoms with Gasteiger partial charge in [0.1, 0.15) is 5.69 Å². The molecule has 2 fully saturated rings. The van der Waals surface area contributed by atoms with Gasteiger partial charge in [0.2, 0.25) is 11.7 Å². The highest BCUT2D eigenvalue weighted by atomic mass is 31.2. The minimum absolute atomic E-state index is 0.197. The lowest BCUT2D eigenvalue weighted by molar-refractivity contribution is -0.254. The average molecular weight is 450 g/mol. The predicted molar refractivity (Wildman–Crippen MR) is 107 cm³/mol. The number of phosphoric ester groups is 1. The predicted octanol–water partition coefficient (Wildman–Crippen LogP) is -0.467. The van der Waals surface area contributed by atoms with Crippen LogP contribution in [0.25, 0.3) is 9.69 Å². The molecule has 15 nitrogen and oxygen atoms in total. The van der Waals surface area contributed by atoms with E-state index >= 15 is 0 Å². The number of anilines is 3. The van der Waals surface area contributed by atoms with Gasteiger partial charge >= 0.3 is 25.1 Å². The maximum absolute atomic E-state index is 13.9. The van der Waals surface area contributed by atoms with Crippen molar-refractivity contribution in [2.75, 3.05) is 23.0 Å². The highest BCUT2D eigenvalue weighted by Crippen LogP contribution is 2.62. The summed E-state index contributed by atoms with van der Waals surface area (Å²) in [5.74, 6) is -3.97. The first-order chi connectivity index (χ1) is 14.5. The van der Waals surface area contributed by atoms with Crippen LogP contribution in [0.1, 0.15) is 0 Å². The molecule has 2 saturated heterocycles. The molecule has 160 valence electrons. The van der Waals surface area contributed by atoms with Gasteiger partial charge in [-0.2, -0.15) is 9.72 Å². The van der Waals surface area contributed by atoms with E-state index in [0.717, 1.165) is 6.08 Å². The number of hydrogen-bond acceptors (Lipinski definition) is 11. The fourth-order valence-electron chi connectivity index (χ4n) is 3.73. The summed E-state index contributed by atoms with van der Waals surface area (Å²) >= 11 is 0. The Labute approximate surface area is 173 Å². The molecule has 1 unspecified atom stereocenters. The molecule has 3 aliphatic rings. The Bertz CT molecular complexity index is 1250. The van der Waals surface area contributed by atoms with E-state index in [2.05, 4.69) is 48.6 Å². The molecule has 0 aromatic carbocycles. The van der Waals surface area contributed by atoms with Crippen molar-refractivity contribution in [3.05, 3.63) is 32.7 Å². The number of aromatic amines is 1. The summed E-state index contributed by atoms with van der Waals surface area (Å²) < 4.78 is 27.9. The highest BCUT2D eigenvalue weighted by molar-refractivity contribution is 7.47. The minimum atomic E-state index is -4.84. The smallest absolute Gasteiger partial charge is 0.369 e. The Morgan fingerprint density at radius 2 is 2.06 bits per heavy atom. The standard InChI is InChI=1S/C15H13N8O7P/c1-5-12-10(25)14(18-3)13(17-2,6-28-31(26,27)30-14)29-15(12,19-4)23-8-7(22-12)9(24)21-11(16)20-8/h2,4-5,22H,1,3,6H2,(H3-2,16,20,21,23,24,26,27)/p+2/t12-,13+,14+,15-/m0/s1. The van der Waals surface area contributed by atoms with Crippen molar-refractivity contribution >= 4 is 37.8 Å². The number of carbonyl (C=O) groups is 1. The first-order valence-electron chi connectivity index (χ1n) is 8.35. The van der Waals surface area contributed by atoms with Gasteiger partial charge in [-0.25, -0.2) is 14.1 Å². The molecule has 0 radical (unpaired) electrons. The fraction of sp³-hybridized carbons (Fsp3) is 0.333. The van der Waals surface area contributed by atoms with E-state index in [4.69, 9.17) is 32.7 Å². The summed E-state index contributed by atoms with van der Waals surface area (Å²) in [6, 6.07) is 0. The zero-order chi connectivity index (χ0) is 22.9. The summed E-state index contributed by atoms with van der Waals surface area (Å²) in [6.45, 7) is 17.1. The summed E-state index contributed by atoms with van der Waals surface area (Å²) in [5.41, 5.74) is -2.88. The molecule has 0 amide bonds. The molecule has 1 aromatic rings. The number of ether oxygens (including phenoxy) is 1. The largest absolute Gasteiger partial charge is 0.507 e. The number of ketones is 1. The first kappa shape index (κ1) is 20.7. The minimum Gasteiger partial charge on any atom is -0.369 e. The third kappa shape index (κ3) is 2.26. The third-order valence-corrected chi connectivity index (χ3v) is 6.13. The number of nitrogens with two attached hydrogens (primary N) is 1. The van der Waals surface area contributed by atoms with Crippen LogP contribution in [0.5, 0.6) is 0 Å². The Morgan fingerprint density at radius 1 is 1.35 bits per heavy atom. The molecule has 5 atom stereocenters. The molecule has 0 spiro atoms. The topological polar surface area (TPSA) is 199 Å². The second-order valence-electron chi connectivity index (χ2n) is 6.69. The van der Waals surface area contributed by atoms with E-state index in [-0.39, 0.29) is 17.5 Å². The molecular formula is C15H15N8O7P+2. The summed E-state index contributed by atoms with van der Waals surface area (Å²) in [5, 5.41) is 5.23. The van der Waals surface area contributed by atoms with Crippen molar-refractivity contribution in [2.24, 2.45) is 4.99 Å². The fourth-order valence-corrected chi connectivity index (χ4v) is 4.74. The van der Waals surface area contributed by atoms with Crippen LogP contribution < -0.4 is 21.9 Å². The lowest BCUT2D eigenvalue weighted by atomic mass is 9.74. The van der Waals surface area contributed by atoms with E-state index in [0.29, 0.717) is 0 Å². The third-order valence-electron chi connectivity index (χ3n) is 5.18. The van der Waals surface area contributed by atoms with Gasteiger partial charge < -0.3 is 15.9 Å². The quantitative estimate of drug-likeness (QED) is 0.222. The molecule has 0 bridgehead atoms. The summed E-state index contributed by atoms with van der Waals surface area (Å²) in [4.78, 5) is 53.2. The average Bonchev–Trinajstić information content (AvgIpc) is 2.73. The number of nitrogens with zero attached hydrogens (tertiary/aromatic N) is 4. The van der Waals surface area contributed by atoms with Gasteiger partial charge in [0, 0.05) is 0 Å². The molecule has 0 aliphatic carbocycles. The van der Waals surface area contributed by atoms with Crippen molar-refractivity contribution in [3.63, 3.8) is 0 Å². The van der Waals surface area contributed by atoms with Gasteiger partial charge in [0.05, 0.1) is 0 Å². The van der Waals surface area contributed by atoms with Crippen molar-refractivity contribution in [1.82, 2.24) is 9.97 Å². The maximum atomic E-state index is 13.9. The molecule has 31 heavy (non-hydrogen) atoms. The van der Waals surface area contributed by atoms with Crippen LogP contribution in [-0.4, -0.2) is 56.8 Å². The Hall–Kier alpha value is -3.59. The zero-order valence-corrected chi connectivity index (χ0v) is 16.5. The number of hydrogen-bond donors (Lipinski definition) is 5. The number of aromatic nitrogens is 2. The van der Waals surface area contributed by atoms with Crippen LogP contribution in [0.3, 0.4) is 0 Å². The summed E-state index contributed by atoms with van der Waals surface area (Å²) in [7, 11) is -4.84. The number of Topliss-reactive ketones (excluding diaryl/α,β-unsaturated/α-hetero) is 1. The molecule has 0 saturated carbocycles. The Morgan fingerprint density at radius 3 is 2.65 bits per heavy atom. The number of carbonyl (C=O) groups excluding carboxylic acids is 1. The van der Waals surface area contributed by atoms with E-state index in [9.17, 15) is 19.0 Å². The van der Waals surface area contributed by atoms with Crippen molar-refractivity contribution in [3.8, 4) is 13.1 Å². The number of nitrogen functional groups attached to an aromatic ring is 1.